The Balaban J connectivity index is 1.33. The van der Waals surface area contributed by atoms with E-state index in [0.717, 1.165) is 0 Å². The minimum atomic E-state index is 0.000614. The molecule has 2 nitrogen and oxygen atoms in total. The zero-order valence-corrected chi connectivity index (χ0v) is 32.0. The molecule has 2 aliphatic rings. The van der Waals surface area contributed by atoms with Crippen molar-refractivity contribution < 1.29 is 0 Å². The summed E-state index contributed by atoms with van der Waals surface area (Å²) in [6, 6.07) is 46.8. The maximum absolute atomic E-state index is 2.74. The second kappa shape index (κ2) is 9.84. The van der Waals surface area contributed by atoms with Gasteiger partial charge >= 0.3 is 6.85 Å². The average molecular weight is 693 g/mol. The van der Waals surface area contributed by atoms with Gasteiger partial charge in [0.2, 0.25) is 0 Å². The van der Waals surface area contributed by atoms with Crippen molar-refractivity contribution in [3.05, 3.63) is 138 Å². The summed E-state index contributed by atoms with van der Waals surface area (Å²) in [5.41, 5.74) is 21.6. The van der Waals surface area contributed by atoms with E-state index in [4.69, 9.17) is 0 Å². The molecule has 0 saturated carbocycles. The van der Waals surface area contributed by atoms with Crippen LogP contribution in [-0.2, 0) is 10.8 Å². The third-order valence-corrected chi connectivity index (χ3v) is 13.0. The zero-order valence-electron chi connectivity index (χ0n) is 32.0. The summed E-state index contributed by atoms with van der Waals surface area (Å²) in [5.74, 6) is 0. The molecule has 12 rings (SSSR count). The van der Waals surface area contributed by atoms with Gasteiger partial charge in [-0.1, -0.05) is 120 Å². The molecule has 2 aliphatic heterocycles. The maximum Gasteiger partial charge on any atom is 0.333 e. The average Bonchev–Trinajstić information content (AvgIpc) is 3.81. The topological polar surface area (TPSA) is 9.34 Å². The van der Waals surface area contributed by atoms with Gasteiger partial charge in [0.05, 0.1) is 16.6 Å². The quantitative estimate of drug-likeness (QED) is 0.160. The van der Waals surface area contributed by atoms with E-state index in [2.05, 4.69) is 179 Å². The first-order chi connectivity index (χ1) is 26.0. The molecule has 0 saturated heterocycles. The number of aromatic nitrogens is 2. The highest BCUT2D eigenvalue weighted by atomic mass is 15.0. The lowest BCUT2D eigenvalue weighted by molar-refractivity contribution is 0.590. The molecular weight excluding hydrogens is 651 g/mol. The molecule has 3 heteroatoms. The van der Waals surface area contributed by atoms with Crippen molar-refractivity contribution >= 4 is 77.7 Å². The molecule has 10 aromatic rings. The molecule has 54 heavy (non-hydrogen) atoms. The first-order valence-electron chi connectivity index (χ1n) is 19.6. The minimum absolute atomic E-state index is 0.000614. The van der Waals surface area contributed by atoms with Gasteiger partial charge in [-0.15, -0.1) is 0 Å². The zero-order chi connectivity index (χ0) is 36.6. The summed E-state index contributed by atoms with van der Waals surface area (Å²) in [6.07, 6.45) is 0. The molecule has 0 radical (unpaired) electrons. The normalized spacial score (nSPS) is 13.8. The van der Waals surface area contributed by atoms with Crippen LogP contribution in [0.1, 0.15) is 58.2 Å². The standard InChI is InChI=1S/C51H41BN2/c1-28-20-36-40-27-34(51(5,6)7)26-39-35-25-33(50(2,3)4)18-19-43(35)54(47(39)40)52-42-24-32(30-16-12-9-13-17-30)22-38-37-21-31(29-14-10-8-11-15-29)23-41-44(28)49(45(36)52)53(46(37)41)48(38)42/h8-27H,1-7H3. The summed E-state index contributed by atoms with van der Waals surface area (Å²) in [7, 11) is 0. The smallest absolute Gasteiger partial charge is 0.333 e. The summed E-state index contributed by atoms with van der Waals surface area (Å²) in [4.78, 5) is 0. The lowest BCUT2D eigenvalue weighted by Gasteiger charge is -2.33. The minimum Gasteiger partial charge on any atom is -0.375 e. The molecule has 0 unspecified atom stereocenters. The Hall–Kier alpha value is -5.80. The van der Waals surface area contributed by atoms with Crippen LogP contribution < -0.4 is 10.9 Å². The van der Waals surface area contributed by atoms with Crippen molar-refractivity contribution in [1.82, 2.24) is 8.88 Å². The van der Waals surface area contributed by atoms with E-state index in [1.54, 1.807) is 0 Å². The molecule has 0 spiro atoms. The van der Waals surface area contributed by atoms with Gasteiger partial charge in [-0.25, -0.2) is 0 Å². The Morgan fingerprint density at radius 3 is 1.72 bits per heavy atom. The molecule has 0 amide bonds. The lowest BCUT2D eigenvalue weighted by Crippen LogP contribution is -2.54. The van der Waals surface area contributed by atoms with Gasteiger partial charge in [0.15, 0.2) is 0 Å². The van der Waals surface area contributed by atoms with Crippen LogP contribution in [0.5, 0.6) is 0 Å². The van der Waals surface area contributed by atoms with Crippen LogP contribution in [-0.4, -0.2) is 15.7 Å². The molecule has 258 valence electrons. The number of hydrogen-bond acceptors (Lipinski definition) is 0. The van der Waals surface area contributed by atoms with E-state index < -0.39 is 0 Å². The molecule has 0 atom stereocenters. The molecule has 3 aromatic heterocycles. The van der Waals surface area contributed by atoms with E-state index in [1.165, 1.54) is 121 Å². The largest absolute Gasteiger partial charge is 0.375 e. The van der Waals surface area contributed by atoms with E-state index in [9.17, 15) is 0 Å². The Morgan fingerprint density at radius 2 is 1.06 bits per heavy atom. The molecule has 0 N–H and O–H groups in total. The van der Waals surface area contributed by atoms with Crippen molar-refractivity contribution in [2.24, 2.45) is 0 Å². The SMILES string of the molecule is Cc1cc2c3c4c1c1cc(-c5ccccc5)cc5c6cc(-c7ccccc7)cc(c6n4c51)B3n1c3ccc(C(C)(C)C)cc3c3cc(C(C)(C)C)cc-2c31. The molecule has 0 fully saturated rings. The van der Waals surface area contributed by atoms with E-state index in [0.29, 0.717) is 0 Å². The van der Waals surface area contributed by atoms with Crippen LogP contribution >= 0.6 is 0 Å². The van der Waals surface area contributed by atoms with Crippen LogP contribution in [0.4, 0.5) is 0 Å². The maximum atomic E-state index is 2.74. The number of benzene rings is 7. The summed E-state index contributed by atoms with van der Waals surface area (Å²) in [5, 5.41) is 8.18. The van der Waals surface area contributed by atoms with Gasteiger partial charge in [0, 0.05) is 48.9 Å². The highest BCUT2D eigenvalue weighted by Crippen LogP contribution is 2.49. The third-order valence-electron chi connectivity index (χ3n) is 13.0. The fourth-order valence-electron chi connectivity index (χ4n) is 10.4. The fraction of sp³-hybridized carbons (Fsp3) is 0.176. The van der Waals surface area contributed by atoms with Gasteiger partial charge in [-0.3, -0.25) is 0 Å². The predicted molar refractivity (Wildman–Crippen MR) is 233 cm³/mol. The van der Waals surface area contributed by atoms with Gasteiger partial charge in [-0.05, 0) is 116 Å². The number of hydrogen-bond donors (Lipinski definition) is 0. The second-order valence-electron chi connectivity index (χ2n) is 18.3. The Bertz CT molecular complexity index is 3270. The summed E-state index contributed by atoms with van der Waals surface area (Å²) >= 11 is 0. The van der Waals surface area contributed by atoms with Crippen molar-refractivity contribution in [3.63, 3.8) is 0 Å². The van der Waals surface area contributed by atoms with E-state index in [-0.39, 0.29) is 17.7 Å². The van der Waals surface area contributed by atoms with Gasteiger partial charge in [-0.2, -0.15) is 0 Å². The second-order valence-corrected chi connectivity index (χ2v) is 18.3. The predicted octanol–water partition coefficient (Wildman–Crippen LogP) is 12.1. The van der Waals surface area contributed by atoms with Gasteiger partial charge in [0.25, 0.3) is 0 Å². The molecule has 7 aromatic carbocycles. The summed E-state index contributed by atoms with van der Waals surface area (Å²) in [6.45, 7) is 16.5. The number of nitrogens with zero attached hydrogens (tertiary/aromatic N) is 2. The number of fused-ring (bicyclic) bond motifs is 8. The van der Waals surface area contributed by atoms with Crippen LogP contribution in [0, 0.1) is 6.92 Å². The Morgan fingerprint density at radius 1 is 0.463 bits per heavy atom. The van der Waals surface area contributed by atoms with Gasteiger partial charge in [0.1, 0.15) is 0 Å². The van der Waals surface area contributed by atoms with Crippen LogP contribution in [0.15, 0.2) is 121 Å². The van der Waals surface area contributed by atoms with Crippen LogP contribution in [0.3, 0.4) is 0 Å². The van der Waals surface area contributed by atoms with E-state index >= 15 is 0 Å². The molecule has 5 heterocycles. The fourth-order valence-corrected chi connectivity index (χ4v) is 10.4. The first-order valence-corrected chi connectivity index (χ1v) is 19.6. The van der Waals surface area contributed by atoms with Crippen LogP contribution in [0.2, 0.25) is 0 Å². The monoisotopic (exact) mass is 692 g/mol. The van der Waals surface area contributed by atoms with Crippen LogP contribution in [0.25, 0.3) is 93.3 Å². The lowest BCUT2D eigenvalue weighted by atomic mass is 9.45. The van der Waals surface area contributed by atoms with E-state index in [1.807, 2.05) is 0 Å². The Labute approximate surface area is 316 Å². The molecule has 0 aliphatic carbocycles. The molecule has 0 bridgehead atoms. The first kappa shape index (κ1) is 30.6. The highest BCUT2D eigenvalue weighted by Gasteiger charge is 2.43. The number of aryl methyl sites for hydroxylation is 1. The van der Waals surface area contributed by atoms with Crippen molar-refractivity contribution in [1.29, 1.82) is 0 Å². The Kier molecular flexibility index (Phi) is 5.58. The van der Waals surface area contributed by atoms with Crippen molar-refractivity contribution in [2.45, 2.75) is 59.3 Å². The molecular formula is C51H41BN2. The van der Waals surface area contributed by atoms with Crippen molar-refractivity contribution in [2.75, 3.05) is 0 Å². The van der Waals surface area contributed by atoms with Gasteiger partial charge < -0.3 is 8.88 Å². The highest BCUT2D eigenvalue weighted by molar-refractivity contribution is 6.91. The summed E-state index contributed by atoms with van der Waals surface area (Å²) < 4.78 is 5.42. The third kappa shape index (κ3) is 3.73. The van der Waals surface area contributed by atoms with Crippen molar-refractivity contribution in [3.8, 4) is 33.4 Å². The number of rotatable bonds is 2.